The van der Waals surface area contributed by atoms with Crippen molar-refractivity contribution in [3.8, 4) is 0 Å². The van der Waals surface area contributed by atoms with Crippen molar-refractivity contribution >= 4 is 11.8 Å². The third-order valence-electron chi connectivity index (χ3n) is 3.83. The number of amides is 2. The summed E-state index contributed by atoms with van der Waals surface area (Å²) in [5.41, 5.74) is 3.23. The second-order valence-corrected chi connectivity index (χ2v) is 5.99. The number of carbonyl (C=O) groups excluding carboxylic acids is 2. The highest BCUT2D eigenvalue weighted by Crippen LogP contribution is 2.11. The summed E-state index contributed by atoms with van der Waals surface area (Å²) < 4.78 is 13.1. The molecule has 2 amide bonds. The van der Waals surface area contributed by atoms with Crippen molar-refractivity contribution in [1.29, 1.82) is 0 Å². The third-order valence-corrected chi connectivity index (χ3v) is 3.83. The molecule has 2 aromatic rings. The van der Waals surface area contributed by atoms with Crippen LogP contribution >= 0.6 is 0 Å². The fourth-order valence-corrected chi connectivity index (χ4v) is 2.48. The molecule has 0 saturated heterocycles. The van der Waals surface area contributed by atoms with Crippen molar-refractivity contribution in [3.63, 3.8) is 0 Å². The van der Waals surface area contributed by atoms with Gasteiger partial charge in [0.2, 0.25) is 11.8 Å². The molecule has 0 bridgehead atoms. The highest BCUT2D eigenvalue weighted by Gasteiger charge is 2.02. The third kappa shape index (κ3) is 7.16. The molecule has 4 nitrogen and oxygen atoms in total. The maximum Gasteiger partial charge on any atom is 0.239 e. The Labute approximate surface area is 147 Å². The summed E-state index contributed by atoms with van der Waals surface area (Å²) in [4.78, 5) is 22.3. The fourth-order valence-electron chi connectivity index (χ4n) is 2.48. The van der Waals surface area contributed by atoms with Gasteiger partial charge in [0.15, 0.2) is 0 Å². The molecule has 0 saturated carbocycles. The summed E-state index contributed by atoms with van der Waals surface area (Å²) in [7, 11) is 0. The molecule has 0 unspecified atom stereocenters. The maximum atomic E-state index is 13.1. The molecule has 0 aliphatic rings. The van der Waals surface area contributed by atoms with E-state index in [4.69, 9.17) is 0 Å². The predicted molar refractivity (Wildman–Crippen MR) is 95.4 cm³/mol. The number of hydrogen-bond acceptors (Lipinski definition) is 2. The zero-order valence-corrected chi connectivity index (χ0v) is 14.3. The molecular weight excluding hydrogens is 319 g/mol. The number of carbonyl (C=O) groups is 2. The molecule has 0 aliphatic carbocycles. The van der Waals surface area contributed by atoms with E-state index in [-0.39, 0.29) is 24.2 Å². The van der Waals surface area contributed by atoms with Crippen molar-refractivity contribution < 1.29 is 14.0 Å². The Hall–Kier alpha value is -2.69. The Morgan fingerprint density at radius 2 is 1.60 bits per heavy atom. The standard InChI is InChI=1S/C20H23FN2O2/c1-15(24)22-14-20(25)23-13-18-10-8-16(9-11-18)4-2-5-17-6-3-7-19(21)12-17/h3,6-12H,2,4-5,13-14H2,1H3,(H,22,24)(H,23,25). The normalized spacial score (nSPS) is 10.3. The molecule has 0 fully saturated rings. The van der Waals surface area contributed by atoms with E-state index < -0.39 is 0 Å². The number of rotatable bonds is 8. The monoisotopic (exact) mass is 342 g/mol. The van der Waals surface area contributed by atoms with Crippen LogP contribution in [0.15, 0.2) is 48.5 Å². The van der Waals surface area contributed by atoms with E-state index >= 15 is 0 Å². The molecule has 2 rings (SSSR count). The van der Waals surface area contributed by atoms with E-state index in [0.717, 1.165) is 30.4 Å². The van der Waals surface area contributed by atoms with Crippen LogP contribution in [0.3, 0.4) is 0 Å². The van der Waals surface area contributed by atoms with Crippen molar-refractivity contribution in [2.24, 2.45) is 0 Å². The van der Waals surface area contributed by atoms with E-state index in [0.29, 0.717) is 6.54 Å². The number of halogens is 1. The Kier molecular flexibility index (Phi) is 7.14. The Bertz CT molecular complexity index is 714. The molecule has 5 heteroatoms. The lowest BCUT2D eigenvalue weighted by molar-refractivity contribution is -0.125. The van der Waals surface area contributed by atoms with Gasteiger partial charge in [-0.3, -0.25) is 9.59 Å². The first-order valence-electron chi connectivity index (χ1n) is 8.36. The summed E-state index contributed by atoms with van der Waals surface area (Å²) in [6, 6.07) is 14.8. The van der Waals surface area contributed by atoms with Gasteiger partial charge in [-0.2, -0.15) is 0 Å². The van der Waals surface area contributed by atoms with Gasteiger partial charge < -0.3 is 10.6 Å². The quantitative estimate of drug-likeness (QED) is 0.775. The smallest absolute Gasteiger partial charge is 0.239 e. The number of nitrogens with one attached hydrogen (secondary N) is 2. The van der Waals surface area contributed by atoms with Crippen LogP contribution in [0.4, 0.5) is 4.39 Å². The van der Waals surface area contributed by atoms with Crippen LogP contribution in [0.25, 0.3) is 0 Å². The van der Waals surface area contributed by atoms with E-state index in [1.165, 1.54) is 18.6 Å². The van der Waals surface area contributed by atoms with Crippen LogP contribution in [-0.4, -0.2) is 18.4 Å². The summed E-state index contributed by atoms with van der Waals surface area (Å²) in [6.45, 7) is 1.80. The molecular formula is C20H23FN2O2. The van der Waals surface area contributed by atoms with E-state index in [1.807, 2.05) is 30.3 Å². The van der Waals surface area contributed by atoms with Crippen molar-refractivity contribution in [1.82, 2.24) is 10.6 Å². The van der Waals surface area contributed by atoms with Crippen LogP contribution in [0, 0.1) is 5.82 Å². The highest BCUT2D eigenvalue weighted by molar-refractivity contribution is 5.83. The largest absolute Gasteiger partial charge is 0.350 e. The molecule has 0 spiro atoms. The minimum absolute atomic E-state index is 0.00645. The van der Waals surface area contributed by atoms with Gasteiger partial charge in [0.1, 0.15) is 5.82 Å². The molecule has 0 atom stereocenters. The molecule has 25 heavy (non-hydrogen) atoms. The Balaban J connectivity index is 1.72. The van der Waals surface area contributed by atoms with Gasteiger partial charge in [-0.25, -0.2) is 4.39 Å². The zero-order valence-electron chi connectivity index (χ0n) is 14.3. The number of aryl methyl sites for hydroxylation is 2. The van der Waals surface area contributed by atoms with E-state index in [2.05, 4.69) is 10.6 Å². The molecule has 0 aliphatic heterocycles. The first-order chi connectivity index (χ1) is 12.0. The maximum absolute atomic E-state index is 13.1. The summed E-state index contributed by atoms with van der Waals surface area (Å²) in [5.74, 6) is -0.630. The zero-order chi connectivity index (χ0) is 18.1. The molecule has 2 aromatic carbocycles. The minimum Gasteiger partial charge on any atom is -0.350 e. The second kappa shape index (κ2) is 9.57. The molecule has 0 radical (unpaired) electrons. The fraction of sp³-hybridized carbons (Fsp3) is 0.300. The Morgan fingerprint density at radius 1 is 0.920 bits per heavy atom. The second-order valence-electron chi connectivity index (χ2n) is 5.99. The minimum atomic E-state index is -0.224. The van der Waals surface area contributed by atoms with Crippen LogP contribution in [-0.2, 0) is 29.0 Å². The summed E-state index contributed by atoms with van der Waals surface area (Å²) >= 11 is 0. The average molecular weight is 342 g/mol. The van der Waals surface area contributed by atoms with Crippen molar-refractivity contribution in [2.75, 3.05) is 6.54 Å². The van der Waals surface area contributed by atoms with Crippen LogP contribution in [0.5, 0.6) is 0 Å². The number of hydrogen-bond donors (Lipinski definition) is 2. The lowest BCUT2D eigenvalue weighted by Gasteiger charge is -2.07. The van der Waals surface area contributed by atoms with Gasteiger partial charge in [-0.15, -0.1) is 0 Å². The lowest BCUT2D eigenvalue weighted by atomic mass is 10.0. The van der Waals surface area contributed by atoms with E-state index in [1.54, 1.807) is 12.1 Å². The van der Waals surface area contributed by atoms with Crippen LogP contribution < -0.4 is 10.6 Å². The van der Waals surface area contributed by atoms with Gasteiger partial charge in [0, 0.05) is 13.5 Å². The van der Waals surface area contributed by atoms with Crippen molar-refractivity contribution in [2.45, 2.75) is 32.7 Å². The first-order valence-corrected chi connectivity index (χ1v) is 8.36. The van der Waals surface area contributed by atoms with Crippen LogP contribution in [0.1, 0.15) is 30.0 Å². The van der Waals surface area contributed by atoms with Crippen LogP contribution in [0.2, 0.25) is 0 Å². The van der Waals surface area contributed by atoms with Gasteiger partial charge >= 0.3 is 0 Å². The van der Waals surface area contributed by atoms with Gasteiger partial charge in [0.05, 0.1) is 6.54 Å². The van der Waals surface area contributed by atoms with Crippen molar-refractivity contribution in [3.05, 3.63) is 71.0 Å². The predicted octanol–water partition coefficient (Wildman–Crippen LogP) is 2.75. The average Bonchev–Trinajstić information content (AvgIpc) is 2.59. The summed E-state index contributed by atoms with van der Waals surface area (Å²) in [6.07, 6.45) is 2.72. The lowest BCUT2D eigenvalue weighted by Crippen LogP contribution is -2.35. The van der Waals surface area contributed by atoms with E-state index in [9.17, 15) is 14.0 Å². The molecule has 132 valence electrons. The number of benzene rings is 2. The molecule has 0 heterocycles. The SMILES string of the molecule is CC(=O)NCC(=O)NCc1ccc(CCCc2cccc(F)c2)cc1. The summed E-state index contributed by atoms with van der Waals surface area (Å²) in [5, 5.41) is 5.21. The first kappa shape index (κ1) is 18.6. The highest BCUT2D eigenvalue weighted by atomic mass is 19.1. The molecule has 0 aromatic heterocycles. The van der Waals surface area contributed by atoms with Gasteiger partial charge in [-0.1, -0.05) is 36.4 Å². The van der Waals surface area contributed by atoms with Gasteiger partial charge in [0.25, 0.3) is 0 Å². The Morgan fingerprint density at radius 3 is 2.28 bits per heavy atom. The van der Waals surface area contributed by atoms with Gasteiger partial charge in [-0.05, 0) is 48.1 Å². The topological polar surface area (TPSA) is 58.2 Å². The molecule has 2 N–H and O–H groups in total.